The highest BCUT2D eigenvalue weighted by atomic mass is 16.7. The molecule has 0 saturated heterocycles. The van der Waals surface area contributed by atoms with E-state index in [1.807, 2.05) is 20.8 Å². The maximum atomic E-state index is 12.7. The molecule has 0 saturated carbocycles. The van der Waals surface area contributed by atoms with Crippen LogP contribution in [0.5, 0.6) is 0 Å². The van der Waals surface area contributed by atoms with Crippen LogP contribution in [-0.4, -0.2) is 68.7 Å². The van der Waals surface area contributed by atoms with Crippen LogP contribution in [0.3, 0.4) is 0 Å². The van der Waals surface area contributed by atoms with E-state index >= 15 is 0 Å². The van der Waals surface area contributed by atoms with E-state index in [1.165, 1.54) is 7.05 Å². The van der Waals surface area contributed by atoms with Crippen LogP contribution in [-0.2, 0) is 22.5 Å². The van der Waals surface area contributed by atoms with Gasteiger partial charge in [-0.3, -0.25) is 14.7 Å². The predicted octanol–water partition coefficient (Wildman–Crippen LogP) is 1.48. The van der Waals surface area contributed by atoms with Crippen molar-refractivity contribution in [3.05, 3.63) is 17.0 Å². The summed E-state index contributed by atoms with van der Waals surface area (Å²) < 4.78 is 5.41. The molecule has 0 spiro atoms. The van der Waals surface area contributed by atoms with Gasteiger partial charge in [-0.2, -0.15) is 5.10 Å². The number of amides is 2. The highest BCUT2D eigenvalue weighted by Crippen LogP contribution is 2.23. The van der Waals surface area contributed by atoms with Gasteiger partial charge in [0.05, 0.1) is 18.8 Å². The first-order valence-electron chi connectivity index (χ1n) is 8.55. The summed E-state index contributed by atoms with van der Waals surface area (Å²) in [4.78, 5) is 32.0. The fourth-order valence-electron chi connectivity index (χ4n) is 2.55. The summed E-state index contributed by atoms with van der Waals surface area (Å²) in [5.74, 6) is -0.425. The lowest BCUT2D eigenvalue weighted by atomic mass is 10.1. The van der Waals surface area contributed by atoms with E-state index < -0.39 is 23.2 Å². The Balaban J connectivity index is 2.15. The number of hydrogen-bond acceptors (Lipinski definition) is 6. The first kappa shape index (κ1) is 20.2. The summed E-state index contributed by atoms with van der Waals surface area (Å²) in [6, 6.07) is 0. The Labute approximate surface area is 153 Å². The number of aromatic nitrogens is 2. The normalized spacial score (nSPS) is 14.8. The fraction of sp³-hybridized carbons (Fsp3) is 0.706. The molecule has 146 valence electrons. The van der Waals surface area contributed by atoms with Gasteiger partial charge < -0.3 is 14.7 Å². The lowest BCUT2D eigenvalue weighted by Gasteiger charge is -2.30. The van der Waals surface area contributed by atoms with Crippen LogP contribution in [0.4, 0.5) is 4.79 Å². The number of aliphatic hydroxyl groups is 1. The van der Waals surface area contributed by atoms with E-state index in [2.05, 4.69) is 10.2 Å². The van der Waals surface area contributed by atoms with Crippen molar-refractivity contribution < 1.29 is 24.3 Å². The quantitative estimate of drug-likeness (QED) is 0.780. The van der Waals surface area contributed by atoms with E-state index in [1.54, 1.807) is 18.7 Å². The Kier molecular flexibility index (Phi) is 5.62. The number of nitrogens with one attached hydrogen (secondary N) is 1. The maximum absolute atomic E-state index is 12.7. The van der Waals surface area contributed by atoms with E-state index in [4.69, 9.17) is 9.57 Å². The Bertz CT molecular complexity index is 677. The van der Waals surface area contributed by atoms with Gasteiger partial charge in [0.1, 0.15) is 16.9 Å². The standard InChI is InChI=1S/C17H28N4O5/c1-16(2,3)25-15(24)21-8-7-12-11(9-21)13(19-18-12)14(23)20(6)26-17(4,5)10-22/h22H,7-10H2,1-6H3,(H,18,19). The molecular formula is C17H28N4O5. The van der Waals surface area contributed by atoms with Crippen molar-refractivity contribution in [1.29, 1.82) is 0 Å². The number of rotatable bonds is 4. The number of aromatic amines is 1. The molecule has 0 atom stereocenters. The van der Waals surface area contributed by atoms with Gasteiger partial charge in [0, 0.05) is 25.6 Å². The molecule has 0 unspecified atom stereocenters. The maximum Gasteiger partial charge on any atom is 0.410 e. The van der Waals surface area contributed by atoms with Gasteiger partial charge in [-0.1, -0.05) is 0 Å². The van der Waals surface area contributed by atoms with Crippen molar-refractivity contribution in [2.24, 2.45) is 0 Å². The minimum atomic E-state index is -0.896. The van der Waals surface area contributed by atoms with Crippen molar-refractivity contribution in [2.75, 3.05) is 20.2 Å². The second-order valence-corrected chi connectivity index (χ2v) is 7.99. The Morgan fingerprint density at radius 3 is 2.54 bits per heavy atom. The van der Waals surface area contributed by atoms with Crippen molar-refractivity contribution in [1.82, 2.24) is 20.2 Å². The molecule has 1 aromatic heterocycles. The molecule has 1 aliphatic heterocycles. The number of hydroxylamine groups is 2. The zero-order chi connectivity index (χ0) is 19.7. The Morgan fingerprint density at radius 1 is 1.31 bits per heavy atom. The molecule has 2 N–H and O–H groups in total. The highest BCUT2D eigenvalue weighted by molar-refractivity contribution is 5.93. The molecule has 2 amide bonds. The van der Waals surface area contributed by atoms with Gasteiger partial charge >= 0.3 is 6.09 Å². The molecular weight excluding hydrogens is 340 g/mol. The number of carbonyl (C=O) groups is 2. The average molecular weight is 368 g/mol. The Hall–Kier alpha value is -2.13. The molecule has 2 heterocycles. The SMILES string of the molecule is CN(OC(C)(C)CO)C(=O)c1[nH]nc2c1CN(C(=O)OC(C)(C)C)CC2. The predicted molar refractivity (Wildman–Crippen MR) is 93.3 cm³/mol. The molecule has 2 rings (SSSR count). The van der Waals surface area contributed by atoms with Crippen LogP contribution in [0.2, 0.25) is 0 Å². The van der Waals surface area contributed by atoms with Gasteiger partial charge in [0.2, 0.25) is 0 Å². The number of fused-ring (bicyclic) bond motifs is 1. The third kappa shape index (κ3) is 4.73. The van der Waals surface area contributed by atoms with E-state index in [0.29, 0.717) is 18.5 Å². The van der Waals surface area contributed by atoms with E-state index in [0.717, 1.165) is 10.8 Å². The number of H-pyrrole nitrogens is 1. The zero-order valence-corrected chi connectivity index (χ0v) is 16.3. The van der Waals surface area contributed by atoms with E-state index in [9.17, 15) is 14.7 Å². The number of hydrogen-bond donors (Lipinski definition) is 2. The first-order valence-corrected chi connectivity index (χ1v) is 8.55. The lowest BCUT2D eigenvalue weighted by molar-refractivity contribution is -0.202. The van der Waals surface area contributed by atoms with Crippen LogP contribution < -0.4 is 0 Å². The van der Waals surface area contributed by atoms with Gasteiger partial charge in [-0.15, -0.1) is 0 Å². The van der Waals surface area contributed by atoms with Gasteiger partial charge in [0.15, 0.2) is 0 Å². The smallest absolute Gasteiger partial charge is 0.410 e. The van der Waals surface area contributed by atoms with Gasteiger partial charge in [-0.25, -0.2) is 9.86 Å². The molecule has 0 radical (unpaired) electrons. The number of carbonyl (C=O) groups excluding carboxylic acids is 2. The molecule has 0 aromatic carbocycles. The lowest BCUT2D eigenvalue weighted by Crippen LogP contribution is -2.42. The van der Waals surface area contributed by atoms with Crippen LogP contribution in [0.15, 0.2) is 0 Å². The van der Waals surface area contributed by atoms with E-state index in [-0.39, 0.29) is 18.8 Å². The monoisotopic (exact) mass is 368 g/mol. The summed E-state index contributed by atoms with van der Waals surface area (Å²) in [7, 11) is 1.47. The number of nitrogens with zero attached hydrogens (tertiary/aromatic N) is 3. The second kappa shape index (κ2) is 7.24. The van der Waals surface area contributed by atoms with Crippen molar-refractivity contribution in [3.63, 3.8) is 0 Å². The van der Waals surface area contributed by atoms with Gasteiger partial charge in [0.25, 0.3) is 5.91 Å². The fourth-order valence-corrected chi connectivity index (χ4v) is 2.55. The van der Waals surface area contributed by atoms with Crippen LogP contribution >= 0.6 is 0 Å². The van der Waals surface area contributed by atoms with Crippen molar-refractivity contribution in [2.45, 2.75) is 58.8 Å². The molecule has 9 heteroatoms. The third-order valence-electron chi connectivity index (χ3n) is 3.84. The summed E-state index contributed by atoms with van der Waals surface area (Å²) >= 11 is 0. The molecule has 26 heavy (non-hydrogen) atoms. The third-order valence-corrected chi connectivity index (χ3v) is 3.84. The summed E-state index contributed by atoms with van der Waals surface area (Å²) in [6.45, 7) is 9.24. The number of aliphatic hydroxyl groups excluding tert-OH is 1. The summed E-state index contributed by atoms with van der Waals surface area (Å²) in [5.41, 5.74) is 0.195. The van der Waals surface area contributed by atoms with Crippen LogP contribution in [0.25, 0.3) is 0 Å². The largest absolute Gasteiger partial charge is 0.444 e. The molecule has 0 aliphatic carbocycles. The second-order valence-electron chi connectivity index (χ2n) is 7.99. The first-order chi connectivity index (χ1) is 11.9. The highest BCUT2D eigenvalue weighted by Gasteiger charge is 2.32. The molecule has 0 fully saturated rings. The molecule has 9 nitrogen and oxygen atoms in total. The Morgan fingerprint density at radius 2 is 1.96 bits per heavy atom. The number of ether oxygens (including phenoxy) is 1. The minimum Gasteiger partial charge on any atom is -0.444 e. The zero-order valence-electron chi connectivity index (χ0n) is 16.3. The molecule has 0 bridgehead atoms. The van der Waals surface area contributed by atoms with Crippen molar-refractivity contribution >= 4 is 12.0 Å². The summed E-state index contributed by atoms with van der Waals surface area (Å²) in [5, 5.41) is 17.3. The summed E-state index contributed by atoms with van der Waals surface area (Å²) in [6.07, 6.45) is 0.110. The van der Waals surface area contributed by atoms with Crippen LogP contribution in [0.1, 0.15) is 56.4 Å². The van der Waals surface area contributed by atoms with Crippen molar-refractivity contribution in [3.8, 4) is 0 Å². The minimum absolute atomic E-state index is 0.235. The average Bonchev–Trinajstić information content (AvgIpc) is 2.95. The topological polar surface area (TPSA) is 108 Å². The molecule has 1 aromatic rings. The van der Waals surface area contributed by atoms with Crippen LogP contribution in [0, 0.1) is 0 Å². The molecule has 1 aliphatic rings. The van der Waals surface area contributed by atoms with Gasteiger partial charge in [-0.05, 0) is 34.6 Å².